The molecule has 1 fully saturated rings. The molecule has 19 heavy (non-hydrogen) atoms. The third kappa shape index (κ3) is 3.32. The molecule has 4 heteroatoms. The molecular formula is C15H22N2O2. The van der Waals surface area contributed by atoms with Crippen molar-refractivity contribution in [1.29, 1.82) is 0 Å². The fraction of sp³-hybridized carbons (Fsp3) is 0.600. The molecule has 1 aromatic rings. The number of nitrogens with zero attached hydrogens (tertiary/aromatic N) is 1. The molecule has 0 atom stereocenters. The molecule has 0 aliphatic heterocycles. The van der Waals surface area contributed by atoms with Gasteiger partial charge < -0.3 is 5.73 Å². The summed E-state index contributed by atoms with van der Waals surface area (Å²) in [6.07, 6.45) is 5.55. The van der Waals surface area contributed by atoms with Gasteiger partial charge in [0.15, 0.2) is 0 Å². The number of rotatable bonds is 4. The normalized spacial score (nSPS) is 27.2. The van der Waals surface area contributed by atoms with Gasteiger partial charge in [0.2, 0.25) is 0 Å². The van der Waals surface area contributed by atoms with Crippen molar-refractivity contribution in [3.05, 3.63) is 39.9 Å². The number of nitro groups is 1. The van der Waals surface area contributed by atoms with E-state index in [0.717, 1.165) is 30.7 Å². The standard InChI is InChI=1S/C15H22N2O2/c1-12-5-7-15(11-16,8-6-12)10-13-3-2-4-14(9-13)17(18)19/h2-4,9,12H,5-8,10-11,16H2,1H3. The first-order valence-electron chi connectivity index (χ1n) is 6.98. The molecule has 0 bridgehead atoms. The van der Waals surface area contributed by atoms with Gasteiger partial charge in [-0.25, -0.2) is 0 Å². The molecule has 1 saturated carbocycles. The van der Waals surface area contributed by atoms with Crippen molar-refractivity contribution < 1.29 is 4.92 Å². The molecule has 104 valence electrons. The first kappa shape index (κ1) is 14.0. The number of hydrogen-bond acceptors (Lipinski definition) is 3. The summed E-state index contributed by atoms with van der Waals surface area (Å²) in [5.74, 6) is 0.782. The van der Waals surface area contributed by atoms with E-state index in [1.54, 1.807) is 18.2 Å². The second-order valence-corrected chi connectivity index (χ2v) is 5.99. The van der Waals surface area contributed by atoms with Crippen LogP contribution in [-0.4, -0.2) is 11.5 Å². The van der Waals surface area contributed by atoms with Crippen LogP contribution in [0, 0.1) is 21.4 Å². The molecule has 1 aliphatic rings. The Hall–Kier alpha value is -1.42. The third-order valence-electron chi connectivity index (χ3n) is 4.47. The Morgan fingerprint density at radius 1 is 1.42 bits per heavy atom. The van der Waals surface area contributed by atoms with Crippen LogP contribution in [0.3, 0.4) is 0 Å². The molecule has 0 spiro atoms. The van der Waals surface area contributed by atoms with E-state index in [9.17, 15) is 10.1 Å². The van der Waals surface area contributed by atoms with Crippen molar-refractivity contribution in [3.63, 3.8) is 0 Å². The predicted molar refractivity (Wildman–Crippen MR) is 75.9 cm³/mol. The van der Waals surface area contributed by atoms with Crippen LogP contribution in [0.1, 0.15) is 38.2 Å². The van der Waals surface area contributed by atoms with Crippen LogP contribution >= 0.6 is 0 Å². The number of nitrogens with two attached hydrogens (primary N) is 1. The van der Waals surface area contributed by atoms with E-state index in [4.69, 9.17) is 5.73 Å². The van der Waals surface area contributed by atoms with Gasteiger partial charge in [0, 0.05) is 12.1 Å². The highest BCUT2D eigenvalue weighted by Gasteiger charge is 2.33. The van der Waals surface area contributed by atoms with E-state index < -0.39 is 0 Å². The largest absolute Gasteiger partial charge is 0.330 e. The number of benzene rings is 1. The van der Waals surface area contributed by atoms with Crippen LogP contribution in [-0.2, 0) is 6.42 Å². The molecular weight excluding hydrogens is 240 g/mol. The van der Waals surface area contributed by atoms with E-state index in [1.165, 1.54) is 12.8 Å². The fourth-order valence-electron chi connectivity index (χ4n) is 3.04. The summed E-state index contributed by atoms with van der Waals surface area (Å²) in [5, 5.41) is 10.8. The van der Waals surface area contributed by atoms with Crippen molar-refractivity contribution in [2.45, 2.75) is 39.0 Å². The molecule has 0 aromatic heterocycles. The number of nitro benzene ring substituents is 1. The summed E-state index contributed by atoms with van der Waals surface area (Å²) in [7, 11) is 0. The van der Waals surface area contributed by atoms with Crippen molar-refractivity contribution in [2.75, 3.05) is 6.54 Å². The van der Waals surface area contributed by atoms with E-state index in [2.05, 4.69) is 6.92 Å². The van der Waals surface area contributed by atoms with E-state index >= 15 is 0 Å². The lowest BCUT2D eigenvalue weighted by Gasteiger charge is -2.38. The van der Waals surface area contributed by atoms with Crippen molar-refractivity contribution in [2.24, 2.45) is 17.1 Å². The van der Waals surface area contributed by atoms with Crippen LogP contribution in [0.2, 0.25) is 0 Å². The molecule has 2 rings (SSSR count). The van der Waals surface area contributed by atoms with Gasteiger partial charge in [-0.1, -0.05) is 31.9 Å². The first-order valence-corrected chi connectivity index (χ1v) is 6.98. The maximum Gasteiger partial charge on any atom is 0.269 e. The average Bonchev–Trinajstić information content (AvgIpc) is 2.42. The Balaban J connectivity index is 2.14. The van der Waals surface area contributed by atoms with Crippen LogP contribution in [0.5, 0.6) is 0 Å². The van der Waals surface area contributed by atoms with Crippen molar-refractivity contribution >= 4 is 5.69 Å². The van der Waals surface area contributed by atoms with Gasteiger partial charge in [-0.05, 0) is 42.7 Å². The average molecular weight is 262 g/mol. The molecule has 2 N–H and O–H groups in total. The lowest BCUT2D eigenvalue weighted by molar-refractivity contribution is -0.384. The monoisotopic (exact) mass is 262 g/mol. The van der Waals surface area contributed by atoms with Crippen LogP contribution < -0.4 is 5.73 Å². The Bertz CT molecular complexity index is 451. The molecule has 0 radical (unpaired) electrons. The number of non-ortho nitro benzene ring substituents is 1. The first-order chi connectivity index (χ1) is 9.04. The third-order valence-corrected chi connectivity index (χ3v) is 4.47. The molecule has 0 heterocycles. The molecule has 0 saturated heterocycles. The summed E-state index contributed by atoms with van der Waals surface area (Å²) in [6.45, 7) is 2.95. The second kappa shape index (κ2) is 5.70. The summed E-state index contributed by atoms with van der Waals surface area (Å²) in [6, 6.07) is 6.97. The zero-order valence-corrected chi connectivity index (χ0v) is 11.5. The fourth-order valence-corrected chi connectivity index (χ4v) is 3.04. The zero-order chi connectivity index (χ0) is 13.9. The maximum absolute atomic E-state index is 10.8. The highest BCUT2D eigenvalue weighted by atomic mass is 16.6. The van der Waals surface area contributed by atoms with Gasteiger partial charge >= 0.3 is 0 Å². The SMILES string of the molecule is CC1CCC(CN)(Cc2cccc([N+](=O)[O-])c2)CC1. The Morgan fingerprint density at radius 2 is 2.11 bits per heavy atom. The van der Waals surface area contributed by atoms with Gasteiger partial charge in [-0.15, -0.1) is 0 Å². The molecule has 1 aromatic carbocycles. The van der Waals surface area contributed by atoms with Crippen LogP contribution in [0.15, 0.2) is 24.3 Å². The Morgan fingerprint density at radius 3 is 2.68 bits per heavy atom. The van der Waals surface area contributed by atoms with Gasteiger partial charge in [0.05, 0.1) is 4.92 Å². The minimum absolute atomic E-state index is 0.141. The minimum Gasteiger partial charge on any atom is -0.330 e. The molecule has 0 amide bonds. The van der Waals surface area contributed by atoms with Crippen LogP contribution in [0.25, 0.3) is 0 Å². The van der Waals surface area contributed by atoms with Crippen molar-refractivity contribution in [3.8, 4) is 0 Å². The van der Waals surface area contributed by atoms with Gasteiger partial charge in [0.25, 0.3) is 5.69 Å². The molecule has 4 nitrogen and oxygen atoms in total. The van der Waals surface area contributed by atoms with Gasteiger partial charge in [-0.2, -0.15) is 0 Å². The van der Waals surface area contributed by atoms with E-state index in [-0.39, 0.29) is 16.0 Å². The van der Waals surface area contributed by atoms with Gasteiger partial charge in [0.1, 0.15) is 0 Å². The van der Waals surface area contributed by atoms with E-state index in [1.807, 2.05) is 6.07 Å². The molecule has 0 unspecified atom stereocenters. The van der Waals surface area contributed by atoms with Crippen molar-refractivity contribution in [1.82, 2.24) is 0 Å². The summed E-state index contributed by atoms with van der Waals surface area (Å²) in [5.41, 5.74) is 7.35. The maximum atomic E-state index is 10.8. The highest BCUT2D eigenvalue weighted by Crippen LogP contribution is 2.40. The predicted octanol–water partition coefficient (Wildman–Crippen LogP) is 3.29. The summed E-state index contributed by atoms with van der Waals surface area (Å²) >= 11 is 0. The summed E-state index contributed by atoms with van der Waals surface area (Å²) < 4.78 is 0. The number of hydrogen-bond donors (Lipinski definition) is 1. The minimum atomic E-state index is -0.332. The second-order valence-electron chi connectivity index (χ2n) is 5.99. The zero-order valence-electron chi connectivity index (χ0n) is 11.5. The highest BCUT2D eigenvalue weighted by molar-refractivity contribution is 5.34. The lowest BCUT2D eigenvalue weighted by Crippen LogP contribution is -2.36. The van der Waals surface area contributed by atoms with Crippen LogP contribution in [0.4, 0.5) is 5.69 Å². The Kier molecular flexibility index (Phi) is 4.20. The smallest absolute Gasteiger partial charge is 0.269 e. The molecule has 1 aliphatic carbocycles. The topological polar surface area (TPSA) is 69.2 Å². The quantitative estimate of drug-likeness (QED) is 0.668. The summed E-state index contributed by atoms with van der Waals surface area (Å²) in [4.78, 5) is 10.5. The van der Waals surface area contributed by atoms with E-state index in [0.29, 0.717) is 6.54 Å². The Labute approximate surface area is 114 Å². The lowest BCUT2D eigenvalue weighted by atomic mass is 9.68. The van der Waals surface area contributed by atoms with Gasteiger partial charge in [-0.3, -0.25) is 10.1 Å².